The first-order valence-electron chi connectivity index (χ1n) is 10.5. The van der Waals surface area contributed by atoms with Gasteiger partial charge in [-0.25, -0.2) is 13.2 Å². The minimum absolute atomic E-state index is 0.106. The number of hydrogen-bond donors (Lipinski definition) is 2. The van der Waals surface area contributed by atoms with Crippen molar-refractivity contribution in [2.45, 2.75) is 51.0 Å². The second kappa shape index (κ2) is 7.53. The van der Waals surface area contributed by atoms with Crippen LogP contribution in [0.1, 0.15) is 45.4 Å². The molecule has 2 unspecified atom stereocenters. The fourth-order valence-corrected chi connectivity index (χ4v) is 6.54. The normalized spacial score (nSPS) is 30.7. The molecule has 4 aliphatic carbocycles. The summed E-state index contributed by atoms with van der Waals surface area (Å²) in [6, 6.07) is 1.66. The molecule has 2 N–H and O–H groups in total. The lowest BCUT2D eigenvalue weighted by atomic mass is 9.46. The molecule has 31 heavy (non-hydrogen) atoms. The minimum Gasteiger partial charge on any atom is -0.351 e. The summed E-state index contributed by atoms with van der Waals surface area (Å²) in [5.74, 6) is -4.77. The van der Waals surface area contributed by atoms with E-state index in [1.165, 1.54) is 18.9 Å². The predicted octanol–water partition coefficient (Wildman–Crippen LogP) is 2.98. The van der Waals surface area contributed by atoms with Gasteiger partial charge < -0.3 is 15.5 Å². The summed E-state index contributed by atoms with van der Waals surface area (Å²) in [5, 5.41) is 5.30. The van der Waals surface area contributed by atoms with E-state index < -0.39 is 34.5 Å². The highest BCUT2D eigenvalue weighted by Crippen LogP contribution is 2.62. The van der Waals surface area contributed by atoms with Gasteiger partial charge in [0.2, 0.25) is 17.7 Å². The van der Waals surface area contributed by atoms with E-state index in [1.54, 1.807) is 0 Å². The van der Waals surface area contributed by atoms with Gasteiger partial charge in [-0.1, -0.05) is 0 Å². The van der Waals surface area contributed by atoms with Crippen molar-refractivity contribution in [3.05, 3.63) is 29.6 Å². The van der Waals surface area contributed by atoms with Gasteiger partial charge in [-0.15, -0.1) is 0 Å². The number of carbonyl (C=O) groups is 3. The van der Waals surface area contributed by atoms with E-state index in [2.05, 4.69) is 10.6 Å². The Morgan fingerprint density at radius 2 is 1.71 bits per heavy atom. The molecular formula is C22H26F3N3O3. The molecule has 0 radical (unpaired) electrons. The molecule has 0 spiro atoms. The highest BCUT2D eigenvalue weighted by molar-refractivity contribution is 5.95. The Morgan fingerprint density at radius 1 is 1.06 bits per heavy atom. The summed E-state index contributed by atoms with van der Waals surface area (Å²) >= 11 is 0. The molecule has 3 amide bonds. The highest BCUT2D eigenvalue weighted by atomic mass is 19.2. The highest BCUT2D eigenvalue weighted by Gasteiger charge is 2.61. The van der Waals surface area contributed by atoms with Crippen molar-refractivity contribution in [1.29, 1.82) is 0 Å². The van der Waals surface area contributed by atoms with Crippen LogP contribution >= 0.6 is 0 Å². The van der Waals surface area contributed by atoms with Crippen LogP contribution in [0.15, 0.2) is 12.1 Å². The second-order valence-electron chi connectivity index (χ2n) is 9.64. The maximum atomic E-state index is 13.8. The van der Waals surface area contributed by atoms with Gasteiger partial charge in [0.1, 0.15) is 0 Å². The van der Waals surface area contributed by atoms with Gasteiger partial charge in [-0.2, -0.15) is 0 Å². The third-order valence-corrected chi connectivity index (χ3v) is 6.99. The van der Waals surface area contributed by atoms with Crippen LogP contribution in [0.25, 0.3) is 0 Å². The average molecular weight is 437 g/mol. The Morgan fingerprint density at radius 3 is 2.32 bits per heavy atom. The molecule has 4 fully saturated rings. The van der Waals surface area contributed by atoms with Gasteiger partial charge in [-0.05, 0) is 62.5 Å². The van der Waals surface area contributed by atoms with Crippen LogP contribution in [0.2, 0.25) is 0 Å². The molecule has 4 bridgehead atoms. The SMILES string of the molecule is CC(=O)NC12C[C@H]3C[C@@H](C1)CC(C(=O)N(C)CC(=O)Nc1ccc(F)c(F)c1F)(C3)C2. The van der Waals surface area contributed by atoms with Crippen molar-refractivity contribution < 1.29 is 27.6 Å². The average Bonchev–Trinajstić information content (AvgIpc) is 2.65. The number of carbonyl (C=O) groups excluding carboxylic acids is 3. The van der Waals surface area contributed by atoms with Crippen molar-refractivity contribution in [2.75, 3.05) is 18.9 Å². The van der Waals surface area contributed by atoms with Gasteiger partial charge in [0.15, 0.2) is 17.5 Å². The van der Waals surface area contributed by atoms with Crippen LogP contribution in [0.5, 0.6) is 0 Å². The Labute approximate surface area is 178 Å². The summed E-state index contributed by atoms with van der Waals surface area (Å²) in [4.78, 5) is 38.9. The van der Waals surface area contributed by atoms with Crippen LogP contribution < -0.4 is 10.6 Å². The Bertz CT molecular complexity index is 937. The van der Waals surface area contributed by atoms with E-state index in [9.17, 15) is 27.6 Å². The van der Waals surface area contributed by atoms with Crippen LogP contribution in [-0.4, -0.2) is 41.8 Å². The Balaban J connectivity index is 1.46. The van der Waals surface area contributed by atoms with Crippen molar-refractivity contribution in [1.82, 2.24) is 10.2 Å². The van der Waals surface area contributed by atoms with Crippen LogP contribution in [0, 0.1) is 34.7 Å². The van der Waals surface area contributed by atoms with Gasteiger partial charge in [-0.3, -0.25) is 14.4 Å². The maximum absolute atomic E-state index is 13.8. The molecule has 9 heteroatoms. The third kappa shape index (κ3) is 3.90. The lowest BCUT2D eigenvalue weighted by molar-refractivity contribution is -0.162. The predicted molar refractivity (Wildman–Crippen MR) is 106 cm³/mol. The Kier molecular flexibility index (Phi) is 5.26. The first-order valence-corrected chi connectivity index (χ1v) is 10.5. The first-order chi connectivity index (χ1) is 14.5. The lowest BCUT2D eigenvalue weighted by Crippen LogP contribution is -2.66. The summed E-state index contributed by atoms with van der Waals surface area (Å²) in [5.41, 5.74) is -1.48. The van der Waals surface area contributed by atoms with E-state index in [0.29, 0.717) is 18.3 Å². The van der Waals surface area contributed by atoms with E-state index in [0.717, 1.165) is 44.2 Å². The van der Waals surface area contributed by atoms with Gasteiger partial charge >= 0.3 is 0 Å². The number of anilines is 1. The molecule has 4 saturated carbocycles. The van der Waals surface area contributed by atoms with E-state index in [1.807, 2.05) is 0 Å². The number of nitrogens with one attached hydrogen (secondary N) is 2. The van der Waals surface area contributed by atoms with E-state index in [4.69, 9.17) is 0 Å². The molecule has 4 aliphatic rings. The third-order valence-electron chi connectivity index (χ3n) is 6.99. The molecule has 0 aliphatic heterocycles. The van der Waals surface area contributed by atoms with Crippen molar-refractivity contribution in [3.63, 3.8) is 0 Å². The minimum atomic E-state index is -1.67. The molecule has 168 valence electrons. The smallest absolute Gasteiger partial charge is 0.244 e. The standard InChI is InChI=1S/C22H26F3N3O3/c1-12(29)27-22-8-13-5-14(9-22)7-21(6-13,11-22)20(31)28(2)10-17(30)26-16-4-3-15(23)18(24)19(16)25/h3-4,13-14H,5-11H2,1-2H3,(H,26,30)(H,27,29)/t13-,14+,21?,22?. The second-order valence-corrected chi connectivity index (χ2v) is 9.64. The van der Waals surface area contributed by atoms with Crippen molar-refractivity contribution >= 4 is 23.4 Å². The molecule has 5 rings (SSSR count). The largest absolute Gasteiger partial charge is 0.351 e. The molecule has 1 aromatic carbocycles. The molecule has 0 saturated heterocycles. The van der Waals surface area contributed by atoms with E-state index >= 15 is 0 Å². The van der Waals surface area contributed by atoms with Gasteiger partial charge in [0, 0.05) is 19.5 Å². The zero-order valence-electron chi connectivity index (χ0n) is 17.6. The number of benzene rings is 1. The summed E-state index contributed by atoms with van der Waals surface area (Å²) < 4.78 is 40.3. The summed E-state index contributed by atoms with van der Waals surface area (Å²) in [7, 11) is 1.51. The topological polar surface area (TPSA) is 78.5 Å². The first kappa shape index (κ1) is 21.6. The van der Waals surface area contributed by atoms with Crippen molar-refractivity contribution in [3.8, 4) is 0 Å². The molecular weight excluding hydrogens is 411 g/mol. The Hall–Kier alpha value is -2.58. The molecule has 0 aromatic heterocycles. The summed E-state index contributed by atoms with van der Waals surface area (Å²) in [6.07, 6.45) is 4.81. The quantitative estimate of drug-likeness (QED) is 0.696. The van der Waals surface area contributed by atoms with Crippen LogP contribution in [0.3, 0.4) is 0 Å². The molecule has 6 nitrogen and oxygen atoms in total. The van der Waals surface area contributed by atoms with Gasteiger partial charge in [0.25, 0.3) is 0 Å². The number of likely N-dealkylation sites (N-methyl/N-ethyl adjacent to an activating group) is 1. The maximum Gasteiger partial charge on any atom is 0.244 e. The number of nitrogens with zero attached hydrogens (tertiary/aromatic N) is 1. The summed E-state index contributed by atoms with van der Waals surface area (Å²) in [6.45, 7) is 1.14. The monoisotopic (exact) mass is 437 g/mol. The number of halogens is 3. The van der Waals surface area contributed by atoms with Crippen molar-refractivity contribution in [2.24, 2.45) is 17.3 Å². The van der Waals surface area contributed by atoms with E-state index in [-0.39, 0.29) is 23.9 Å². The van der Waals surface area contributed by atoms with Crippen LogP contribution in [0.4, 0.5) is 18.9 Å². The molecule has 1 aromatic rings. The van der Waals surface area contributed by atoms with Gasteiger partial charge in [0.05, 0.1) is 17.6 Å². The number of rotatable bonds is 5. The zero-order chi connectivity index (χ0) is 22.6. The lowest BCUT2D eigenvalue weighted by Gasteiger charge is -2.61. The fraction of sp³-hybridized carbons (Fsp3) is 0.591. The molecule has 4 atom stereocenters. The number of amides is 3. The zero-order valence-corrected chi connectivity index (χ0v) is 17.6. The van der Waals surface area contributed by atoms with Crippen LogP contribution in [-0.2, 0) is 14.4 Å². The number of hydrogen-bond acceptors (Lipinski definition) is 3. The fourth-order valence-electron chi connectivity index (χ4n) is 6.54. The molecule has 0 heterocycles.